The molecule has 0 fully saturated rings. The van der Waals surface area contributed by atoms with E-state index >= 15 is 0 Å². The van der Waals surface area contributed by atoms with Crippen LogP contribution in [0.15, 0.2) is 34.1 Å². The Labute approximate surface area is 142 Å². The van der Waals surface area contributed by atoms with E-state index in [4.69, 9.17) is 9.57 Å². The summed E-state index contributed by atoms with van der Waals surface area (Å²) in [6.07, 6.45) is 4.09. The zero-order valence-corrected chi connectivity index (χ0v) is 14.3. The first-order chi connectivity index (χ1) is 11.4. The van der Waals surface area contributed by atoms with Crippen molar-refractivity contribution in [2.75, 3.05) is 0 Å². The molecular formula is C15H16N5O3S+. The van der Waals surface area contributed by atoms with Crippen LogP contribution in [0.5, 0.6) is 0 Å². The van der Waals surface area contributed by atoms with Gasteiger partial charge in [-0.05, 0) is 37.3 Å². The van der Waals surface area contributed by atoms with Gasteiger partial charge in [0.1, 0.15) is 16.2 Å². The Morgan fingerprint density at radius 1 is 1.42 bits per heavy atom. The van der Waals surface area contributed by atoms with E-state index in [1.165, 1.54) is 17.7 Å². The van der Waals surface area contributed by atoms with E-state index in [2.05, 4.69) is 15.1 Å². The van der Waals surface area contributed by atoms with Gasteiger partial charge in [-0.15, -0.1) is 11.3 Å². The summed E-state index contributed by atoms with van der Waals surface area (Å²) in [7, 11) is 0. The van der Waals surface area contributed by atoms with Gasteiger partial charge in [-0.25, -0.2) is 4.98 Å². The molecule has 0 saturated carbocycles. The topological polar surface area (TPSA) is 78.1 Å². The van der Waals surface area contributed by atoms with Gasteiger partial charge in [0, 0.05) is 4.76 Å². The number of carbonyl (C=O) groups excluding carboxylic acids is 1. The van der Waals surface area contributed by atoms with Gasteiger partial charge >= 0.3 is 12.0 Å². The molecule has 0 bridgehead atoms. The SMILES string of the molecule is CC(C)(C)OC(=O)O[N+]12Cc3cncn3-c3ccsc3C1=NC=N2. The number of imidazole rings is 1. The first kappa shape index (κ1) is 15.0. The van der Waals surface area contributed by atoms with Gasteiger partial charge in [0.05, 0.1) is 18.2 Å². The molecule has 2 aromatic rings. The van der Waals surface area contributed by atoms with E-state index in [0.29, 0.717) is 5.84 Å². The van der Waals surface area contributed by atoms with Crippen molar-refractivity contribution in [1.29, 1.82) is 0 Å². The summed E-state index contributed by atoms with van der Waals surface area (Å²) in [5.41, 5.74) is 1.16. The first-order valence-electron chi connectivity index (χ1n) is 7.40. The van der Waals surface area contributed by atoms with Gasteiger partial charge in [-0.2, -0.15) is 14.6 Å². The lowest BCUT2D eigenvalue weighted by molar-refractivity contribution is -1.03. The highest BCUT2D eigenvalue weighted by Gasteiger charge is 2.50. The Bertz CT molecular complexity index is 876. The molecule has 0 amide bonds. The number of rotatable bonds is 1. The lowest BCUT2D eigenvalue weighted by Gasteiger charge is -2.25. The van der Waals surface area contributed by atoms with Gasteiger partial charge in [-0.3, -0.25) is 4.57 Å². The fraction of sp³-hybridized carbons (Fsp3) is 0.333. The molecule has 8 nitrogen and oxygen atoms in total. The number of carbonyl (C=O) groups is 1. The average molecular weight is 346 g/mol. The van der Waals surface area contributed by atoms with Crippen molar-refractivity contribution in [2.45, 2.75) is 32.9 Å². The van der Waals surface area contributed by atoms with Crippen molar-refractivity contribution < 1.29 is 19.1 Å². The number of nitrogens with zero attached hydrogens (tertiary/aromatic N) is 5. The Hall–Kier alpha value is -2.52. The number of aromatic nitrogens is 2. The van der Waals surface area contributed by atoms with Gasteiger partial charge in [0.15, 0.2) is 12.9 Å². The Balaban J connectivity index is 1.77. The van der Waals surface area contributed by atoms with E-state index in [-0.39, 0.29) is 6.54 Å². The Kier molecular flexibility index (Phi) is 3.12. The van der Waals surface area contributed by atoms with Crippen molar-refractivity contribution in [3.63, 3.8) is 0 Å². The van der Waals surface area contributed by atoms with Crippen molar-refractivity contribution in [3.8, 4) is 5.69 Å². The smallest absolute Gasteiger partial charge is 0.425 e. The molecular weight excluding hydrogens is 330 g/mol. The van der Waals surface area contributed by atoms with E-state index in [1.54, 1.807) is 33.3 Å². The highest BCUT2D eigenvalue weighted by Crippen LogP contribution is 2.35. The summed E-state index contributed by atoms with van der Waals surface area (Å²) in [4.78, 5) is 27.3. The number of ether oxygens (including phenoxy) is 1. The van der Waals surface area contributed by atoms with Gasteiger partial charge in [-0.1, -0.05) is 0 Å². The molecule has 124 valence electrons. The number of aliphatic imine (C=N–C) groups is 1. The minimum absolute atomic E-state index is 0.288. The van der Waals surface area contributed by atoms with Crippen LogP contribution in [0.4, 0.5) is 4.79 Å². The number of fused-ring (bicyclic) bond motifs is 5. The summed E-state index contributed by atoms with van der Waals surface area (Å²) in [6.45, 7) is 5.64. The third-order valence-corrected chi connectivity index (χ3v) is 4.46. The van der Waals surface area contributed by atoms with Crippen molar-refractivity contribution in [2.24, 2.45) is 10.1 Å². The lowest BCUT2D eigenvalue weighted by atomic mass is 10.2. The minimum Gasteiger partial charge on any atom is -0.425 e. The molecule has 0 spiro atoms. The molecule has 1 atom stereocenters. The largest absolute Gasteiger partial charge is 0.563 e. The molecule has 0 aliphatic carbocycles. The fourth-order valence-corrected chi connectivity index (χ4v) is 3.59. The number of hydrogen-bond donors (Lipinski definition) is 0. The molecule has 2 aliphatic rings. The minimum atomic E-state index is -0.791. The molecule has 2 aromatic heterocycles. The summed E-state index contributed by atoms with van der Waals surface area (Å²) in [5, 5.41) is 6.29. The van der Waals surface area contributed by atoms with E-state index in [1.807, 2.05) is 16.0 Å². The molecule has 4 heterocycles. The highest BCUT2D eigenvalue weighted by molar-refractivity contribution is 7.12. The maximum Gasteiger partial charge on any atom is 0.563 e. The molecule has 2 aliphatic heterocycles. The average Bonchev–Trinajstić information content (AvgIpc) is 3.15. The fourth-order valence-electron chi connectivity index (χ4n) is 2.67. The van der Waals surface area contributed by atoms with Gasteiger partial charge < -0.3 is 4.74 Å². The summed E-state index contributed by atoms with van der Waals surface area (Å²) < 4.78 is 6.85. The van der Waals surface area contributed by atoms with E-state index in [0.717, 1.165) is 16.3 Å². The lowest BCUT2D eigenvalue weighted by Crippen LogP contribution is -2.47. The molecule has 9 heteroatoms. The van der Waals surface area contributed by atoms with Crippen molar-refractivity contribution in [1.82, 2.24) is 9.55 Å². The third kappa shape index (κ3) is 2.33. The number of thiophene rings is 1. The predicted octanol–water partition coefficient (Wildman–Crippen LogP) is 2.83. The van der Waals surface area contributed by atoms with Crippen molar-refractivity contribution in [3.05, 3.63) is 34.5 Å². The van der Waals surface area contributed by atoms with Crippen molar-refractivity contribution >= 4 is 29.7 Å². The van der Waals surface area contributed by atoms with Crippen LogP contribution < -0.4 is 0 Å². The second kappa shape index (κ2) is 4.99. The number of amidine groups is 1. The monoisotopic (exact) mass is 346 g/mol. The summed E-state index contributed by atoms with van der Waals surface area (Å²) in [6, 6.07) is 1.99. The van der Waals surface area contributed by atoms with E-state index in [9.17, 15) is 4.79 Å². The van der Waals surface area contributed by atoms with Gasteiger partial charge in [0.25, 0.3) is 0 Å². The normalized spacial score (nSPS) is 21.4. The summed E-state index contributed by atoms with van der Waals surface area (Å²) >= 11 is 1.51. The third-order valence-electron chi connectivity index (χ3n) is 3.56. The van der Waals surface area contributed by atoms with E-state index < -0.39 is 16.5 Å². The number of quaternary nitrogens is 1. The molecule has 0 saturated heterocycles. The molecule has 0 N–H and O–H groups in total. The molecule has 24 heavy (non-hydrogen) atoms. The van der Waals surface area contributed by atoms with Crippen LogP contribution in [0.1, 0.15) is 31.3 Å². The molecule has 0 aromatic carbocycles. The molecule has 4 rings (SSSR count). The molecule has 0 radical (unpaired) electrons. The van der Waals surface area contributed by atoms with Crippen LogP contribution in [-0.2, 0) is 16.1 Å². The van der Waals surface area contributed by atoms with Crippen LogP contribution in [0.25, 0.3) is 5.69 Å². The second-order valence-electron chi connectivity index (χ2n) is 6.49. The number of hydroxylamine groups is 2. The zero-order valence-electron chi connectivity index (χ0n) is 13.5. The van der Waals surface area contributed by atoms with Crippen LogP contribution in [0, 0.1) is 0 Å². The summed E-state index contributed by atoms with van der Waals surface area (Å²) in [5.74, 6) is 0.564. The van der Waals surface area contributed by atoms with Crippen LogP contribution in [0.3, 0.4) is 0 Å². The zero-order chi connectivity index (χ0) is 16.9. The molecule has 1 unspecified atom stereocenters. The Morgan fingerprint density at radius 3 is 3.04 bits per heavy atom. The van der Waals surface area contributed by atoms with Crippen LogP contribution in [-0.4, -0.2) is 38.2 Å². The second-order valence-corrected chi connectivity index (χ2v) is 7.41. The predicted molar refractivity (Wildman–Crippen MR) is 87.8 cm³/mol. The Morgan fingerprint density at radius 2 is 2.25 bits per heavy atom. The highest BCUT2D eigenvalue weighted by atomic mass is 32.1. The van der Waals surface area contributed by atoms with Gasteiger partial charge in [0.2, 0.25) is 0 Å². The quantitative estimate of drug-likeness (QED) is 0.587. The first-order valence-corrected chi connectivity index (χ1v) is 8.28. The number of hydrogen-bond acceptors (Lipinski definition) is 7. The maximum absolute atomic E-state index is 12.3. The standard InChI is InChI=1S/C15H16N5O3S/c1-15(2,3)22-14(21)23-20-7-10-6-16-9-19(10)11-4-5-24-12(11)13(20)17-8-18-20/h4-6,8-9H,7H2,1-3H3/q+1. The van der Waals surface area contributed by atoms with Crippen LogP contribution in [0.2, 0.25) is 0 Å². The van der Waals surface area contributed by atoms with Crippen LogP contribution >= 0.6 is 11.3 Å². The maximum atomic E-state index is 12.3.